The van der Waals surface area contributed by atoms with Crippen LogP contribution in [-0.4, -0.2) is 52.7 Å². The number of rotatable bonds is 11. The Hall–Kier alpha value is -3.39. The molecule has 0 bridgehead atoms. The van der Waals surface area contributed by atoms with Crippen LogP contribution in [-0.2, 0) is 20.9 Å². The molecule has 1 aliphatic heterocycles. The zero-order chi connectivity index (χ0) is 27.0. The van der Waals surface area contributed by atoms with Crippen LogP contribution >= 0.6 is 0 Å². The minimum Gasteiger partial charge on any atom is -0.435 e. The van der Waals surface area contributed by atoms with Crippen molar-refractivity contribution in [2.45, 2.75) is 77.8 Å². The first-order chi connectivity index (χ1) is 17.6. The molecule has 3 amide bonds. The number of amides is 3. The molecule has 0 saturated carbocycles. The number of carbonyl (C=O) groups excluding carboxylic acids is 3. The SMILES string of the molecule is CCCC[C@H](NC(=O)OC1C(=O)N(Cc2ccccc2)CC1(C)C)C(O)C(=O)N[C@H](C)c1ccccc1. The molecule has 8 heteroatoms. The molecule has 2 aromatic carbocycles. The number of benzene rings is 2. The van der Waals surface area contributed by atoms with E-state index in [2.05, 4.69) is 10.6 Å². The molecule has 3 N–H and O–H groups in total. The van der Waals surface area contributed by atoms with Gasteiger partial charge in [0.1, 0.15) is 0 Å². The Morgan fingerprint density at radius 1 is 1.08 bits per heavy atom. The van der Waals surface area contributed by atoms with E-state index >= 15 is 0 Å². The molecule has 37 heavy (non-hydrogen) atoms. The number of nitrogens with zero attached hydrogens (tertiary/aromatic N) is 1. The molecule has 200 valence electrons. The van der Waals surface area contributed by atoms with E-state index in [1.807, 2.05) is 88.4 Å². The zero-order valence-corrected chi connectivity index (χ0v) is 22.1. The lowest BCUT2D eigenvalue weighted by Gasteiger charge is -2.27. The maximum absolute atomic E-state index is 13.1. The van der Waals surface area contributed by atoms with Crippen LogP contribution in [0.2, 0.25) is 0 Å². The maximum atomic E-state index is 13.1. The number of hydrogen-bond donors (Lipinski definition) is 3. The number of nitrogens with one attached hydrogen (secondary N) is 2. The average molecular weight is 510 g/mol. The second kappa shape index (κ2) is 12.7. The second-order valence-corrected chi connectivity index (χ2v) is 10.4. The van der Waals surface area contributed by atoms with Crippen LogP contribution in [0.25, 0.3) is 0 Å². The predicted molar refractivity (Wildman–Crippen MR) is 141 cm³/mol. The van der Waals surface area contributed by atoms with E-state index in [0.717, 1.165) is 17.5 Å². The summed E-state index contributed by atoms with van der Waals surface area (Å²) in [7, 11) is 0. The number of likely N-dealkylation sites (tertiary alicyclic amines) is 1. The molecule has 1 aliphatic rings. The minimum absolute atomic E-state index is 0.260. The lowest BCUT2D eigenvalue weighted by molar-refractivity contribution is -0.137. The Morgan fingerprint density at radius 2 is 1.70 bits per heavy atom. The smallest absolute Gasteiger partial charge is 0.408 e. The third-order valence-corrected chi connectivity index (χ3v) is 6.77. The molecule has 0 aliphatic carbocycles. The second-order valence-electron chi connectivity index (χ2n) is 10.4. The first-order valence-electron chi connectivity index (χ1n) is 13.0. The van der Waals surface area contributed by atoms with Crippen LogP contribution < -0.4 is 10.6 Å². The molecular formula is C29H39N3O5. The molecule has 0 radical (unpaired) electrons. The van der Waals surface area contributed by atoms with Gasteiger partial charge >= 0.3 is 6.09 Å². The fourth-order valence-corrected chi connectivity index (χ4v) is 4.63. The van der Waals surface area contributed by atoms with Crippen LogP contribution in [0.15, 0.2) is 60.7 Å². The lowest BCUT2D eigenvalue weighted by atomic mass is 9.90. The van der Waals surface area contributed by atoms with Gasteiger partial charge in [0.15, 0.2) is 12.2 Å². The third kappa shape index (κ3) is 7.55. The van der Waals surface area contributed by atoms with E-state index in [1.165, 1.54) is 0 Å². The third-order valence-electron chi connectivity index (χ3n) is 6.77. The summed E-state index contributed by atoms with van der Waals surface area (Å²) in [6.07, 6.45) is -1.34. The van der Waals surface area contributed by atoms with Crippen molar-refractivity contribution in [3.8, 4) is 0 Å². The number of unbranched alkanes of at least 4 members (excludes halogenated alkanes) is 1. The van der Waals surface area contributed by atoms with Gasteiger partial charge in [0.05, 0.1) is 12.1 Å². The fourth-order valence-electron chi connectivity index (χ4n) is 4.63. The van der Waals surface area contributed by atoms with Crippen molar-refractivity contribution in [3.63, 3.8) is 0 Å². The quantitative estimate of drug-likeness (QED) is 0.425. The number of aliphatic hydroxyl groups is 1. The lowest BCUT2D eigenvalue weighted by Crippen LogP contribution is -2.52. The summed E-state index contributed by atoms with van der Waals surface area (Å²) in [5, 5.41) is 16.3. The fraction of sp³-hybridized carbons (Fsp3) is 0.483. The zero-order valence-electron chi connectivity index (χ0n) is 22.1. The van der Waals surface area contributed by atoms with Crippen molar-refractivity contribution in [1.29, 1.82) is 0 Å². The van der Waals surface area contributed by atoms with Crippen molar-refractivity contribution >= 4 is 17.9 Å². The number of hydrogen-bond acceptors (Lipinski definition) is 5. The van der Waals surface area contributed by atoms with Crippen molar-refractivity contribution in [2.24, 2.45) is 5.41 Å². The molecule has 1 heterocycles. The highest BCUT2D eigenvalue weighted by Crippen LogP contribution is 2.34. The average Bonchev–Trinajstić information content (AvgIpc) is 3.09. The van der Waals surface area contributed by atoms with Gasteiger partial charge in [-0.15, -0.1) is 0 Å². The first-order valence-corrected chi connectivity index (χ1v) is 13.0. The van der Waals surface area contributed by atoms with Crippen molar-refractivity contribution in [1.82, 2.24) is 15.5 Å². The number of carbonyl (C=O) groups is 3. The van der Waals surface area contributed by atoms with E-state index < -0.39 is 35.7 Å². The van der Waals surface area contributed by atoms with Crippen LogP contribution in [0, 0.1) is 5.41 Å². The summed E-state index contributed by atoms with van der Waals surface area (Å²) in [6.45, 7) is 8.46. The highest BCUT2D eigenvalue weighted by molar-refractivity contribution is 5.87. The Labute approximate surface area is 219 Å². The highest BCUT2D eigenvalue weighted by atomic mass is 16.6. The largest absolute Gasteiger partial charge is 0.435 e. The van der Waals surface area contributed by atoms with Gasteiger partial charge in [-0.05, 0) is 24.5 Å². The Bertz CT molecular complexity index is 1040. The predicted octanol–water partition coefficient (Wildman–Crippen LogP) is 3.95. The molecule has 0 spiro atoms. The molecule has 2 unspecified atom stereocenters. The van der Waals surface area contributed by atoms with E-state index in [1.54, 1.807) is 4.90 Å². The topological polar surface area (TPSA) is 108 Å². The summed E-state index contributed by atoms with van der Waals surface area (Å²) in [4.78, 5) is 40.5. The summed E-state index contributed by atoms with van der Waals surface area (Å²) >= 11 is 0. The number of ether oxygens (including phenoxy) is 1. The summed E-state index contributed by atoms with van der Waals surface area (Å²) in [5.41, 5.74) is 1.31. The van der Waals surface area contributed by atoms with Crippen LogP contribution in [0.1, 0.15) is 64.1 Å². The van der Waals surface area contributed by atoms with Gasteiger partial charge in [-0.1, -0.05) is 94.3 Å². The van der Waals surface area contributed by atoms with E-state index in [4.69, 9.17) is 4.74 Å². The van der Waals surface area contributed by atoms with Gasteiger partial charge in [-0.25, -0.2) is 4.79 Å². The van der Waals surface area contributed by atoms with E-state index in [0.29, 0.717) is 25.9 Å². The summed E-state index contributed by atoms with van der Waals surface area (Å²) in [6, 6.07) is 17.9. The maximum Gasteiger partial charge on any atom is 0.408 e. The monoisotopic (exact) mass is 509 g/mol. The first kappa shape index (κ1) is 28.2. The van der Waals surface area contributed by atoms with Crippen LogP contribution in [0.5, 0.6) is 0 Å². The van der Waals surface area contributed by atoms with Gasteiger partial charge < -0.3 is 25.4 Å². The Kier molecular flexibility index (Phi) is 9.69. The van der Waals surface area contributed by atoms with Gasteiger partial charge in [-0.3, -0.25) is 9.59 Å². The van der Waals surface area contributed by atoms with Gasteiger partial charge in [0.2, 0.25) is 0 Å². The van der Waals surface area contributed by atoms with E-state index in [9.17, 15) is 19.5 Å². The standard InChI is InChI=1S/C29H39N3O5/c1-5-6-17-23(24(33)26(34)30-20(2)22-15-11-8-12-16-22)31-28(36)37-25-27(35)32(19-29(25,3)4)18-21-13-9-7-10-14-21/h7-16,20,23-25,33H,5-6,17-19H2,1-4H3,(H,30,34)(H,31,36)/t20-,23+,24?,25?/m1/s1. The normalized spacial score (nSPS) is 19.1. The van der Waals surface area contributed by atoms with Crippen molar-refractivity contribution in [2.75, 3.05) is 6.54 Å². The Morgan fingerprint density at radius 3 is 2.32 bits per heavy atom. The van der Waals surface area contributed by atoms with Gasteiger partial charge in [-0.2, -0.15) is 0 Å². The molecule has 8 nitrogen and oxygen atoms in total. The molecule has 3 rings (SSSR count). The number of alkyl carbamates (subject to hydrolysis) is 1. The molecule has 2 aromatic rings. The summed E-state index contributed by atoms with van der Waals surface area (Å²) < 4.78 is 5.61. The van der Waals surface area contributed by atoms with Gasteiger partial charge in [0, 0.05) is 18.5 Å². The van der Waals surface area contributed by atoms with E-state index in [-0.39, 0.29) is 11.9 Å². The van der Waals surface area contributed by atoms with Crippen LogP contribution in [0.4, 0.5) is 4.79 Å². The van der Waals surface area contributed by atoms with Crippen molar-refractivity contribution in [3.05, 3.63) is 71.8 Å². The molecule has 0 aromatic heterocycles. The van der Waals surface area contributed by atoms with Crippen LogP contribution in [0.3, 0.4) is 0 Å². The molecule has 4 atom stereocenters. The number of aliphatic hydroxyl groups excluding tert-OH is 1. The molecule has 1 fully saturated rings. The summed E-state index contributed by atoms with van der Waals surface area (Å²) in [5.74, 6) is -0.840. The molecular weight excluding hydrogens is 470 g/mol. The van der Waals surface area contributed by atoms with Crippen molar-refractivity contribution < 1.29 is 24.2 Å². The van der Waals surface area contributed by atoms with Gasteiger partial charge in [0.25, 0.3) is 11.8 Å². The molecule has 1 saturated heterocycles. The Balaban J connectivity index is 1.62. The highest BCUT2D eigenvalue weighted by Gasteiger charge is 2.49. The minimum atomic E-state index is -1.47.